The number of aromatic nitrogens is 1. The fourth-order valence-electron chi connectivity index (χ4n) is 3.97. The van der Waals surface area contributed by atoms with Gasteiger partial charge >= 0.3 is 12.5 Å². The van der Waals surface area contributed by atoms with Crippen molar-refractivity contribution in [1.29, 1.82) is 0 Å². The summed E-state index contributed by atoms with van der Waals surface area (Å²) in [6, 6.07) is 3.59. The first-order chi connectivity index (χ1) is 17.1. The third-order valence-electron chi connectivity index (χ3n) is 6.29. The van der Waals surface area contributed by atoms with Crippen molar-refractivity contribution in [2.45, 2.75) is 59.8 Å². The second kappa shape index (κ2) is 9.70. The Kier molecular flexibility index (Phi) is 7.57. The Morgan fingerprint density at radius 3 is 2.16 bits per heavy atom. The summed E-state index contributed by atoms with van der Waals surface area (Å²) in [7, 11) is -8.45. The molecule has 1 aliphatic rings. The normalized spacial score (nSPS) is 19.0. The quantitative estimate of drug-likeness (QED) is 0.483. The summed E-state index contributed by atoms with van der Waals surface area (Å²) >= 11 is 0. The summed E-state index contributed by atoms with van der Waals surface area (Å²) < 4.78 is 129. The minimum absolute atomic E-state index is 0.0888. The van der Waals surface area contributed by atoms with Crippen LogP contribution in [0.25, 0.3) is 0 Å². The SMILES string of the molecule is CC(C)([C@H]1C[C@@H](NC(=O)c2ncc(C(F)(F)F)cc2S(C)(=O)=O)C1)S(=O)(=O)c1cccc(OC(F)(F)F)c1. The lowest BCUT2D eigenvalue weighted by Crippen LogP contribution is -2.53. The van der Waals surface area contributed by atoms with E-state index in [4.69, 9.17) is 0 Å². The molecule has 8 nitrogen and oxygen atoms in total. The zero-order valence-electron chi connectivity index (χ0n) is 20.0. The Labute approximate surface area is 214 Å². The maximum absolute atomic E-state index is 13.2. The predicted octanol–water partition coefficient (Wildman–Crippen LogP) is 4.16. The van der Waals surface area contributed by atoms with Crippen molar-refractivity contribution in [3.8, 4) is 5.75 Å². The largest absolute Gasteiger partial charge is 0.573 e. The van der Waals surface area contributed by atoms with Crippen LogP contribution >= 0.6 is 0 Å². The van der Waals surface area contributed by atoms with E-state index in [1.54, 1.807) is 0 Å². The standard InChI is InChI=1S/C22H22F6N2O6S2/c1-20(2,38(34,35)16-6-4-5-15(10-16)36-22(26,27)28)12-7-14(8-12)30-19(31)18-17(37(3,32)33)9-13(11-29-18)21(23,24)25/h4-6,9-12,14H,7-8H2,1-3H3,(H,30,31)/t12-,14+. The van der Waals surface area contributed by atoms with E-state index in [1.807, 2.05) is 0 Å². The third kappa shape index (κ3) is 6.22. The van der Waals surface area contributed by atoms with Gasteiger partial charge in [-0.2, -0.15) is 13.2 Å². The molecular weight excluding hydrogens is 566 g/mol. The lowest BCUT2D eigenvalue weighted by atomic mass is 9.73. The van der Waals surface area contributed by atoms with E-state index in [0.29, 0.717) is 18.5 Å². The van der Waals surface area contributed by atoms with E-state index < -0.39 is 81.6 Å². The lowest BCUT2D eigenvalue weighted by molar-refractivity contribution is -0.274. The summed E-state index contributed by atoms with van der Waals surface area (Å²) in [5.74, 6) is -2.33. The molecule has 38 heavy (non-hydrogen) atoms. The molecule has 0 unspecified atom stereocenters. The maximum atomic E-state index is 13.2. The van der Waals surface area contributed by atoms with Crippen LogP contribution in [0, 0.1) is 5.92 Å². The summed E-state index contributed by atoms with van der Waals surface area (Å²) in [6.07, 6.45) is -8.77. The van der Waals surface area contributed by atoms with Crippen LogP contribution < -0.4 is 10.1 Å². The van der Waals surface area contributed by atoms with Crippen molar-refractivity contribution >= 4 is 25.6 Å². The number of sulfone groups is 2. The molecule has 1 amide bonds. The number of halogens is 6. The number of rotatable bonds is 7. The van der Waals surface area contributed by atoms with Crippen LogP contribution in [-0.2, 0) is 25.9 Å². The van der Waals surface area contributed by atoms with Gasteiger partial charge in [0, 0.05) is 18.5 Å². The average Bonchev–Trinajstić information content (AvgIpc) is 2.72. The summed E-state index contributed by atoms with van der Waals surface area (Å²) in [5, 5.41) is 2.44. The zero-order valence-corrected chi connectivity index (χ0v) is 21.6. The highest BCUT2D eigenvalue weighted by molar-refractivity contribution is 7.92. The van der Waals surface area contributed by atoms with E-state index in [-0.39, 0.29) is 12.8 Å². The Hall–Kier alpha value is -2.88. The molecule has 210 valence electrons. The molecule has 0 atom stereocenters. The fourth-order valence-corrected chi connectivity index (χ4v) is 6.58. The van der Waals surface area contributed by atoms with Crippen LogP contribution in [0.1, 0.15) is 42.7 Å². The van der Waals surface area contributed by atoms with Crippen LogP contribution in [-0.4, -0.2) is 51.1 Å². The number of hydrogen-bond acceptors (Lipinski definition) is 7. The average molecular weight is 589 g/mol. The van der Waals surface area contributed by atoms with Crippen molar-refractivity contribution in [2.24, 2.45) is 5.92 Å². The second-order valence-corrected chi connectivity index (χ2v) is 13.8. The molecular formula is C22H22F6N2O6S2. The molecule has 1 aromatic carbocycles. The van der Waals surface area contributed by atoms with Crippen molar-refractivity contribution in [2.75, 3.05) is 6.26 Å². The van der Waals surface area contributed by atoms with Crippen LogP contribution in [0.5, 0.6) is 5.75 Å². The monoisotopic (exact) mass is 588 g/mol. The predicted molar refractivity (Wildman–Crippen MR) is 121 cm³/mol. The molecule has 16 heteroatoms. The van der Waals surface area contributed by atoms with E-state index in [0.717, 1.165) is 24.3 Å². The molecule has 0 saturated heterocycles. The van der Waals surface area contributed by atoms with E-state index in [2.05, 4.69) is 15.0 Å². The smallest absolute Gasteiger partial charge is 0.406 e. The van der Waals surface area contributed by atoms with Gasteiger partial charge in [0.15, 0.2) is 19.7 Å². The van der Waals surface area contributed by atoms with Crippen LogP contribution in [0.15, 0.2) is 46.3 Å². The number of benzene rings is 1. The van der Waals surface area contributed by atoms with Crippen LogP contribution in [0.3, 0.4) is 0 Å². The first-order valence-electron chi connectivity index (χ1n) is 10.8. The van der Waals surface area contributed by atoms with Gasteiger partial charge in [-0.05, 0) is 56.9 Å². The lowest BCUT2D eigenvalue weighted by Gasteiger charge is -2.44. The van der Waals surface area contributed by atoms with Gasteiger partial charge in [0.25, 0.3) is 5.91 Å². The highest BCUT2D eigenvalue weighted by Gasteiger charge is 2.49. The summed E-state index contributed by atoms with van der Waals surface area (Å²) in [5.41, 5.74) is -2.09. The van der Waals surface area contributed by atoms with Crippen LogP contribution in [0.2, 0.25) is 0 Å². The molecule has 3 rings (SSSR count). The number of nitrogens with one attached hydrogen (secondary N) is 1. The summed E-state index contributed by atoms with van der Waals surface area (Å²) in [6.45, 7) is 2.75. The van der Waals surface area contributed by atoms with Gasteiger partial charge in [0.1, 0.15) is 11.4 Å². The van der Waals surface area contributed by atoms with Gasteiger partial charge in [0.2, 0.25) is 0 Å². The number of pyridine rings is 1. The number of carbonyl (C=O) groups excluding carboxylic acids is 1. The molecule has 1 fully saturated rings. The molecule has 1 saturated carbocycles. The minimum atomic E-state index is -5.02. The van der Waals surface area contributed by atoms with E-state index in [9.17, 15) is 48.0 Å². The maximum Gasteiger partial charge on any atom is 0.573 e. The van der Waals surface area contributed by atoms with Crippen molar-refractivity contribution in [3.05, 3.63) is 47.8 Å². The number of carbonyl (C=O) groups is 1. The number of hydrogen-bond donors (Lipinski definition) is 1. The minimum Gasteiger partial charge on any atom is -0.406 e. The molecule has 1 aromatic heterocycles. The number of alkyl halides is 6. The number of amides is 1. The van der Waals surface area contributed by atoms with Gasteiger partial charge < -0.3 is 10.1 Å². The Balaban J connectivity index is 1.75. The highest BCUT2D eigenvalue weighted by atomic mass is 32.2. The fraction of sp³-hybridized carbons (Fsp3) is 0.455. The Bertz CT molecular complexity index is 1450. The van der Waals surface area contributed by atoms with Crippen molar-refractivity contribution < 1.29 is 52.7 Å². The summed E-state index contributed by atoms with van der Waals surface area (Å²) in [4.78, 5) is 14.8. The van der Waals surface area contributed by atoms with Gasteiger partial charge in [0.05, 0.1) is 20.1 Å². The molecule has 1 N–H and O–H groups in total. The Morgan fingerprint density at radius 1 is 1.03 bits per heavy atom. The van der Waals surface area contributed by atoms with Gasteiger partial charge in [-0.25, -0.2) is 21.8 Å². The highest BCUT2D eigenvalue weighted by Crippen LogP contribution is 2.44. The van der Waals surface area contributed by atoms with E-state index >= 15 is 0 Å². The van der Waals surface area contributed by atoms with Gasteiger partial charge in [-0.3, -0.25) is 4.79 Å². The molecule has 0 aliphatic heterocycles. The zero-order chi connectivity index (χ0) is 28.9. The van der Waals surface area contributed by atoms with Crippen molar-refractivity contribution in [3.63, 3.8) is 0 Å². The molecule has 0 spiro atoms. The first-order valence-corrected chi connectivity index (χ1v) is 14.2. The first kappa shape index (κ1) is 29.7. The van der Waals surface area contributed by atoms with Gasteiger partial charge in [-0.15, -0.1) is 13.2 Å². The third-order valence-corrected chi connectivity index (χ3v) is 10.00. The van der Waals surface area contributed by atoms with Crippen molar-refractivity contribution in [1.82, 2.24) is 10.3 Å². The number of ether oxygens (including phenoxy) is 1. The van der Waals surface area contributed by atoms with E-state index in [1.165, 1.54) is 13.8 Å². The molecule has 1 aliphatic carbocycles. The molecule has 1 heterocycles. The van der Waals surface area contributed by atoms with Crippen LogP contribution in [0.4, 0.5) is 26.3 Å². The molecule has 2 aromatic rings. The topological polar surface area (TPSA) is 119 Å². The second-order valence-electron chi connectivity index (χ2n) is 9.31. The Morgan fingerprint density at radius 2 is 1.63 bits per heavy atom. The van der Waals surface area contributed by atoms with Gasteiger partial charge in [-0.1, -0.05) is 6.07 Å². The molecule has 0 radical (unpaired) electrons. The number of nitrogens with zero attached hydrogens (tertiary/aromatic N) is 1. The molecule has 0 bridgehead atoms.